The number of ether oxygens (including phenoxy) is 2. The first-order valence-electron chi connectivity index (χ1n) is 20.1. The van der Waals surface area contributed by atoms with E-state index in [0.717, 1.165) is 18.2 Å². The van der Waals surface area contributed by atoms with E-state index in [1.54, 1.807) is 13.0 Å². The molecule has 0 aliphatic carbocycles. The number of alkyl halides is 17. The molecule has 0 saturated heterocycles. The Labute approximate surface area is 382 Å². The van der Waals surface area contributed by atoms with Gasteiger partial charge in [0.05, 0.1) is 12.3 Å². The average Bonchev–Trinajstić information content (AvgIpc) is 3.23. The smallest absolute Gasteiger partial charge is 0.460 e. The molecule has 2 aromatic rings. The summed E-state index contributed by atoms with van der Waals surface area (Å²) in [5, 5.41) is 10.7. The second-order valence-electron chi connectivity index (χ2n) is 16.1. The molecule has 0 bridgehead atoms. The standard InChI is InChI=1S/C41H45F19N2O6Si/c1-23(2)69(24(3)4,21-18-34(44,45)35(46,47)36(48,49)37(50,51)38(52,53)39(54,55)40(56,57)41(58,59)60)67-20-19-66-28-15-12-26(13-16-28)32(25(5)10-8-6-7-9-11-31(63)62-65)68-33(64)61-30-17-14-27(42)22-29(30)43/h6-7,9,11-17,22-25,32,65H,8,10,18-21H2,1-5H3,(H,61,64)(H,62,63)/b7-6+,11-9+/t25-,32+/m0/s1. The predicted molar refractivity (Wildman–Crippen MR) is 210 cm³/mol. The molecule has 0 saturated carbocycles. The lowest BCUT2D eigenvalue weighted by Crippen LogP contribution is -2.74. The van der Waals surface area contributed by atoms with E-state index in [4.69, 9.17) is 19.1 Å². The summed E-state index contributed by atoms with van der Waals surface area (Å²) in [5.74, 6) is -60.3. The van der Waals surface area contributed by atoms with Crippen LogP contribution < -0.4 is 15.5 Å². The monoisotopic (exact) mass is 1050 g/mol. The molecule has 0 aliphatic rings. The van der Waals surface area contributed by atoms with Crippen LogP contribution in [-0.4, -0.2) is 86.4 Å². The molecule has 2 amide bonds. The minimum Gasteiger partial charge on any atom is -0.491 e. The Morgan fingerprint density at radius 2 is 1.22 bits per heavy atom. The molecule has 0 radical (unpaired) electrons. The van der Waals surface area contributed by atoms with Gasteiger partial charge in [0.2, 0.25) is 0 Å². The van der Waals surface area contributed by atoms with Gasteiger partial charge in [-0.1, -0.05) is 65.0 Å². The number of benzene rings is 2. The van der Waals surface area contributed by atoms with E-state index in [9.17, 15) is 84.2 Å². The minimum atomic E-state index is -8.72. The molecular weight excluding hydrogens is 1010 g/mol. The van der Waals surface area contributed by atoms with Crippen LogP contribution in [0.5, 0.6) is 5.75 Å². The van der Waals surface area contributed by atoms with E-state index < -0.39 is 134 Å². The van der Waals surface area contributed by atoms with Crippen LogP contribution in [0.1, 0.15) is 65.5 Å². The summed E-state index contributed by atoms with van der Waals surface area (Å²) in [5.41, 5.74) is -0.548. The van der Waals surface area contributed by atoms with Crippen LogP contribution in [0.2, 0.25) is 17.1 Å². The number of hydroxylamine groups is 1. The molecule has 0 spiro atoms. The Hall–Kier alpha value is -4.73. The van der Waals surface area contributed by atoms with Crippen molar-refractivity contribution in [3.63, 3.8) is 0 Å². The van der Waals surface area contributed by atoms with Gasteiger partial charge in [-0.05, 0) is 65.7 Å². The van der Waals surface area contributed by atoms with Crippen LogP contribution in [0.15, 0.2) is 66.8 Å². The predicted octanol–water partition coefficient (Wildman–Crippen LogP) is 13.8. The lowest BCUT2D eigenvalue weighted by molar-refractivity contribution is -0.461. The topological polar surface area (TPSA) is 106 Å². The van der Waals surface area contributed by atoms with Gasteiger partial charge >= 0.3 is 53.7 Å². The number of hydrogen-bond acceptors (Lipinski definition) is 6. The zero-order valence-electron chi connectivity index (χ0n) is 36.6. The first kappa shape index (κ1) is 60.4. The third-order valence-electron chi connectivity index (χ3n) is 10.8. The highest BCUT2D eigenvalue weighted by molar-refractivity contribution is 6.76. The lowest BCUT2D eigenvalue weighted by Gasteiger charge is -2.44. The van der Waals surface area contributed by atoms with Gasteiger partial charge in [0.25, 0.3) is 5.91 Å². The number of carbonyl (C=O) groups is 2. The summed E-state index contributed by atoms with van der Waals surface area (Å²) >= 11 is 0. The largest absolute Gasteiger partial charge is 0.491 e. The Bertz CT molecular complexity index is 2080. The third kappa shape index (κ3) is 13.0. The van der Waals surface area contributed by atoms with Crippen molar-refractivity contribution in [2.75, 3.05) is 18.5 Å². The van der Waals surface area contributed by atoms with Crippen molar-refractivity contribution in [3.8, 4) is 5.75 Å². The third-order valence-corrected chi connectivity index (χ3v) is 16.5. The maximum Gasteiger partial charge on any atom is 0.460 e. The average molecular weight is 1050 g/mol. The molecular formula is C41H45F19N2O6Si. The van der Waals surface area contributed by atoms with Crippen LogP contribution in [-0.2, 0) is 14.0 Å². The molecule has 2 atom stereocenters. The van der Waals surface area contributed by atoms with E-state index in [2.05, 4.69) is 5.32 Å². The van der Waals surface area contributed by atoms with Gasteiger partial charge in [0.1, 0.15) is 30.1 Å². The van der Waals surface area contributed by atoms with E-state index in [1.807, 2.05) is 0 Å². The molecule has 28 heteroatoms. The van der Waals surface area contributed by atoms with Crippen LogP contribution in [0.4, 0.5) is 93.9 Å². The summed E-state index contributed by atoms with van der Waals surface area (Å²) in [6, 6.07) is 6.46. The molecule has 0 aliphatic heterocycles. The fraction of sp³-hybridized carbons (Fsp3) is 0.561. The molecule has 3 N–H and O–H groups in total. The van der Waals surface area contributed by atoms with E-state index in [0.29, 0.717) is 24.5 Å². The number of halogens is 19. The van der Waals surface area contributed by atoms with Crippen LogP contribution >= 0.6 is 0 Å². The van der Waals surface area contributed by atoms with E-state index in [1.165, 1.54) is 69.6 Å². The molecule has 2 rings (SSSR count). The number of hydrogen-bond donors (Lipinski definition) is 3. The Balaban J connectivity index is 2.30. The van der Waals surface area contributed by atoms with Crippen LogP contribution in [0.25, 0.3) is 0 Å². The molecule has 0 unspecified atom stereocenters. The molecule has 8 nitrogen and oxygen atoms in total. The summed E-state index contributed by atoms with van der Waals surface area (Å²) in [6.45, 7) is 5.77. The van der Waals surface area contributed by atoms with Crippen LogP contribution in [0, 0.1) is 17.6 Å². The number of rotatable bonds is 25. The maximum atomic E-state index is 15.0. The summed E-state index contributed by atoms with van der Waals surface area (Å²) in [7, 11) is -4.06. The van der Waals surface area contributed by atoms with Gasteiger partial charge < -0.3 is 13.9 Å². The lowest BCUT2D eigenvalue weighted by atomic mass is 9.88. The molecule has 0 heterocycles. The van der Waals surface area contributed by atoms with Gasteiger partial charge in [0, 0.05) is 18.6 Å². The quantitative estimate of drug-likeness (QED) is 0.0174. The fourth-order valence-corrected chi connectivity index (χ4v) is 11.2. The van der Waals surface area contributed by atoms with Crippen molar-refractivity contribution in [2.24, 2.45) is 5.92 Å². The number of anilines is 1. The molecule has 392 valence electrons. The maximum absolute atomic E-state index is 15.0. The fourth-order valence-electron chi connectivity index (χ4n) is 6.72. The van der Waals surface area contributed by atoms with Gasteiger partial charge in [-0.2, -0.15) is 74.6 Å². The van der Waals surface area contributed by atoms with Crippen molar-refractivity contribution in [3.05, 3.63) is 84.0 Å². The first-order chi connectivity index (χ1) is 31.3. The van der Waals surface area contributed by atoms with Crippen molar-refractivity contribution in [1.29, 1.82) is 0 Å². The number of carbonyl (C=O) groups excluding carboxylic acids is 2. The van der Waals surface area contributed by atoms with E-state index in [-0.39, 0.29) is 5.75 Å². The summed E-state index contributed by atoms with van der Waals surface area (Å²) < 4.78 is 281. The van der Waals surface area contributed by atoms with Crippen molar-refractivity contribution < 1.29 is 112 Å². The van der Waals surface area contributed by atoms with Crippen molar-refractivity contribution >= 4 is 26.0 Å². The molecule has 2 aromatic carbocycles. The zero-order chi connectivity index (χ0) is 53.4. The normalized spacial score (nSPS) is 15.0. The number of amides is 2. The van der Waals surface area contributed by atoms with Crippen LogP contribution in [0.3, 0.4) is 0 Å². The van der Waals surface area contributed by atoms with Crippen molar-refractivity contribution in [2.45, 2.75) is 125 Å². The second-order valence-corrected chi connectivity index (χ2v) is 21.1. The Morgan fingerprint density at radius 1 is 0.696 bits per heavy atom. The highest BCUT2D eigenvalue weighted by Gasteiger charge is 2.95. The van der Waals surface area contributed by atoms with Gasteiger partial charge in [-0.15, -0.1) is 0 Å². The summed E-state index contributed by atoms with van der Waals surface area (Å²) in [6.07, 6.45) is -6.54. The molecule has 0 fully saturated rings. The van der Waals surface area contributed by atoms with Gasteiger partial charge in [-0.25, -0.2) is 19.1 Å². The van der Waals surface area contributed by atoms with Gasteiger partial charge in [-0.3, -0.25) is 15.3 Å². The SMILES string of the molecule is CC(C)[Si](CCC(F)(F)C(F)(F)C(F)(F)C(F)(F)C(F)(F)C(F)(F)C(F)(F)C(F)(F)F)(OCCOc1ccc([C@H](OC(=O)Nc2ccc(F)cc2F)[C@@H](C)CC/C=C/C=C/C(=O)NO)cc1)C(C)C. The molecule has 69 heavy (non-hydrogen) atoms. The molecule has 0 aromatic heterocycles. The Kier molecular flexibility index (Phi) is 19.7. The Morgan fingerprint density at radius 3 is 1.71 bits per heavy atom. The first-order valence-corrected chi connectivity index (χ1v) is 22.4. The zero-order valence-corrected chi connectivity index (χ0v) is 37.6. The van der Waals surface area contributed by atoms with Crippen molar-refractivity contribution in [1.82, 2.24) is 5.48 Å². The number of nitrogens with one attached hydrogen (secondary N) is 2. The highest BCUT2D eigenvalue weighted by atomic mass is 28.4. The number of allylic oxidation sites excluding steroid dienone is 3. The highest BCUT2D eigenvalue weighted by Crippen LogP contribution is 2.64. The second kappa shape index (κ2) is 22.6. The van der Waals surface area contributed by atoms with E-state index >= 15 is 8.78 Å². The van der Waals surface area contributed by atoms with Gasteiger partial charge in [0.15, 0.2) is 8.32 Å². The summed E-state index contributed by atoms with van der Waals surface area (Å²) in [4.78, 5) is 24.0. The minimum absolute atomic E-state index is 0.0549.